The molecule has 1 saturated carbocycles. The van der Waals surface area contributed by atoms with Crippen molar-refractivity contribution in [2.24, 2.45) is 5.92 Å². The fourth-order valence-electron chi connectivity index (χ4n) is 2.54. The highest BCUT2D eigenvalue weighted by Gasteiger charge is 2.30. The minimum absolute atomic E-state index is 0.146. The molecule has 0 radical (unpaired) electrons. The van der Waals surface area contributed by atoms with E-state index in [4.69, 9.17) is 5.11 Å². The van der Waals surface area contributed by atoms with Crippen molar-refractivity contribution in [3.05, 3.63) is 28.2 Å². The van der Waals surface area contributed by atoms with Crippen LogP contribution in [0.2, 0.25) is 0 Å². The summed E-state index contributed by atoms with van der Waals surface area (Å²) in [7, 11) is 0. The Morgan fingerprint density at radius 3 is 2.81 bits per heavy atom. The maximum Gasteiger partial charge on any atom is 0.306 e. The molecule has 7 nitrogen and oxygen atoms in total. The van der Waals surface area contributed by atoms with Gasteiger partial charge in [-0.25, -0.2) is 4.68 Å². The first kappa shape index (κ1) is 15.2. The van der Waals surface area contributed by atoms with Crippen molar-refractivity contribution in [1.29, 1.82) is 0 Å². The predicted octanol–water partition coefficient (Wildman–Crippen LogP) is 0.636. The van der Waals surface area contributed by atoms with E-state index < -0.39 is 11.9 Å². The Morgan fingerprint density at radius 2 is 2.19 bits per heavy atom. The largest absolute Gasteiger partial charge is 0.481 e. The van der Waals surface area contributed by atoms with Crippen molar-refractivity contribution in [2.45, 2.75) is 45.2 Å². The zero-order valence-corrected chi connectivity index (χ0v) is 11.9. The molecule has 0 saturated heterocycles. The summed E-state index contributed by atoms with van der Waals surface area (Å²) in [6, 6.07) is 2.58. The van der Waals surface area contributed by atoms with E-state index >= 15 is 0 Å². The van der Waals surface area contributed by atoms with Gasteiger partial charge in [-0.15, -0.1) is 0 Å². The Labute approximate surface area is 122 Å². The molecule has 114 valence electrons. The normalized spacial score (nSPS) is 21.2. The van der Waals surface area contributed by atoms with Crippen molar-refractivity contribution >= 4 is 11.9 Å². The minimum atomic E-state index is -0.818. The molecule has 1 aliphatic carbocycles. The molecular formula is C14H19N3O4. The molecule has 0 aromatic carbocycles. The smallest absolute Gasteiger partial charge is 0.306 e. The molecule has 1 aromatic rings. The number of aliphatic carboxylic acids is 1. The molecule has 0 bridgehead atoms. The molecule has 0 spiro atoms. The number of aromatic nitrogens is 2. The number of nitrogens with one attached hydrogen (secondary N) is 1. The summed E-state index contributed by atoms with van der Waals surface area (Å²) in [5.74, 6) is -1.57. The van der Waals surface area contributed by atoms with Gasteiger partial charge in [-0.1, -0.05) is 6.92 Å². The van der Waals surface area contributed by atoms with Crippen LogP contribution in [0, 0.1) is 5.92 Å². The quantitative estimate of drug-likeness (QED) is 0.829. The Bertz CT molecular complexity index is 596. The lowest BCUT2D eigenvalue weighted by molar-refractivity contribution is -0.141. The predicted molar refractivity (Wildman–Crippen MR) is 75.0 cm³/mol. The van der Waals surface area contributed by atoms with Gasteiger partial charge in [0.15, 0.2) is 0 Å². The number of aryl methyl sites for hydroxylation is 1. The second kappa shape index (κ2) is 6.51. The van der Waals surface area contributed by atoms with E-state index in [1.165, 1.54) is 16.8 Å². The lowest BCUT2D eigenvalue weighted by Gasteiger charge is -2.12. The van der Waals surface area contributed by atoms with E-state index in [1.807, 2.05) is 6.92 Å². The summed E-state index contributed by atoms with van der Waals surface area (Å²) >= 11 is 0. The standard InChI is InChI=1S/C14H19N3O4/c1-2-7-17-12(18)6-5-11(16-17)13(19)15-10-4-3-9(8-10)14(20)21/h5-6,9-10H,2-4,7-8H2,1H3,(H,15,19)(H,20,21)/t9-,10+/m0/s1. The number of rotatable bonds is 5. The average molecular weight is 293 g/mol. The van der Waals surface area contributed by atoms with Crippen LogP contribution in [0.15, 0.2) is 16.9 Å². The third-order valence-corrected chi connectivity index (χ3v) is 3.65. The van der Waals surface area contributed by atoms with Gasteiger partial charge in [0.2, 0.25) is 0 Å². The molecule has 0 aliphatic heterocycles. The summed E-state index contributed by atoms with van der Waals surface area (Å²) in [5, 5.41) is 15.8. The zero-order chi connectivity index (χ0) is 15.4. The summed E-state index contributed by atoms with van der Waals surface area (Å²) in [6.07, 6.45) is 2.41. The van der Waals surface area contributed by atoms with Crippen LogP contribution in [0.5, 0.6) is 0 Å². The number of carbonyl (C=O) groups is 2. The van der Waals surface area contributed by atoms with Crippen LogP contribution in [-0.4, -0.2) is 32.8 Å². The average Bonchev–Trinajstić information content (AvgIpc) is 2.90. The number of carboxylic acid groups (broad SMARTS) is 1. The fourth-order valence-corrected chi connectivity index (χ4v) is 2.54. The van der Waals surface area contributed by atoms with Gasteiger partial charge in [-0.2, -0.15) is 5.10 Å². The first-order valence-corrected chi connectivity index (χ1v) is 7.13. The molecule has 2 rings (SSSR count). The van der Waals surface area contributed by atoms with Crippen LogP contribution in [0.4, 0.5) is 0 Å². The van der Waals surface area contributed by atoms with Gasteiger partial charge in [-0.05, 0) is 31.7 Å². The number of carboxylic acids is 1. The van der Waals surface area contributed by atoms with E-state index in [-0.39, 0.29) is 23.2 Å². The lowest BCUT2D eigenvalue weighted by Crippen LogP contribution is -2.35. The van der Waals surface area contributed by atoms with Crippen molar-refractivity contribution in [2.75, 3.05) is 0 Å². The maximum atomic E-state index is 12.1. The van der Waals surface area contributed by atoms with Crippen molar-refractivity contribution < 1.29 is 14.7 Å². The van der Waals surface area contributed by atoms with Gasteiger partial charge < -0.3 is 10.4 Å². The van der Waals surface area contributed by atoms with Gasteiger partial charge in [0.25, 0.3) is 11.5 Å². The SMILES string of the molecule is CCCn1nc(C(=O)N[C@@H]2CC[C@H](C(=O)O)C2)ccc1=O. The molecular weight excluding hydrogens is 274 g/mol. The second-order valence-corrected chi connectivity index (χ2v) is 5.30. The lowest BCUT2D eigenvalue weighted by atomic mass is 10.1. The number of carbonyl (C=O) groups excluding carboxylic acids is 1. The summed E-state index contributed by atoms with van der Waals surface area (Å²) in [4.78, 5) is 34.6. The molecule has 7 heteroatoms. The second-order valence-electron chi connectivity index (χ2n) is 5.30. The number of hydrogen-bond donors (Lipinski definition) is 2. The van der Waals surface area contributed by atoms with Crippen molar-refractivity contribution in [3.63, 3.8) is 0 Å². The highest BCUT2D eigenvalue weighted by molar-refractivity contribution is 5.92. The maximum absolute atomic E-state index is 12.1. The first-order valence-electron chi connectivity index (χ1n) is 7.13. The van der Waals surface area contributed by atoms with Gasteiger partial charge in [0.1, 0.15) is 5.69 Å². The van der Waals surface area contributed by atoms with E-state index in [0.29, 0.717) is 25.8 Å². The molecule has 0 unspecified atom stereocenters. The molecule has 1 heterocycles. The molecule has 21 heavy (non-hydrogen) atoms. The summed E-state index contributed by atoms with van der Waals surface area (Å²) in [6.45, 7) is 2.38. The number of hydrogen-bond acceptors (Lipinski definition) is 4. The highest BCUT2D eigenvalue weighted by atomic mass is 16.4. The van der Waals surface area contributed by atoms with Crippen LogP contribution >= 0.6 is 0 Å². The third kappa shape index (κ3) is 3.68. The van der Waals surface area contributed by atoms with E-state index in [1.54, 1.807) is 0 Å². The summed E-state index contributed by atoms with van der Waals surface area (Å²) in [5.41, 5.74) is -0.0537. The van der Waals surface area contributed by atoms with Crippen LogP contribution < -0.4 is 10.9 Å². The van der Waals surface area contributed by atoms with Crippen molar-refractivity contribution in [1.82, 2.24) is 15.1 Å². The van der Waals surface area contributed by atoms with Gasteiger partial charge in [0.05, 0.1) is 5.92 Å². The van der Waals surface area contributed by atoms with E-state index in [9.17, 15) is 14.4 Å². The Hall–Kier alpha value is -2.18. The van der Waals surface area contributed by atoms with Crippen molar-refractivity contribution in [3.8, 4) is 0 Å². The Morgan fingerprint density at radius 1 is 1.43 bits per heavy atom. The Kier molecular flexibility index (Phi) is 4.72. The minimum Gasteiger partial charge on any atom is -0.481 e. The molecule has 1 aliphatic rings. The molecule has 2 atom stereocenters. The monoisotopic (exact) mass is 293 g/mol. The number of nitrogens with zero attached hydrogens (tertiary/aromatic N) is 2. The molecule has 2 N–H and O–H groups in total. The van der Waals surface area contributed by atoms with Crippen LogP contribution in [0.25, 0.3) is 0 Å². The highest BCUT2D eigenvalue weighted by Crippen LogP contribution is 2.25. The van der Waals surface area contributed by atoms with Crippen LogP contribution in [0.3, 0.4) is 0 Å². The van der Waals surface area contributed by atoms with E-state index in [2.05, 4.69) is 10.4 Å². The van der Waals surface area contributed by atoms with E-state index in [0.717, 1.165) is 6.42 Å². The number of amides is 1. The molecule has 1 aromatic heterocycles. The Balaban J connectivity index is 2.02. The molecule has 1 fully saturated rings. The van der Waals surface area contributed by atoms with Crippen LogP contribution in [-0.2, 0) is 11.3 Å². The summed E-state index contributed by atoms with van der Waals surface area (Å²) < 4.78 is 1.27. The molecule has 1 amide bonds. The van der Waals surface area contributed by atoms with Gasteiger partial charge in [0, 0.05) is 18.7 Å². The van der Waals surface area contributed by atoms with Gasteiger partial charge >= 0.3 is 5.97 Å². The van der Waals surface area contributed by atoms with Gasteiger partial charge in [-0.3, -0.25) is 14.4 Å². The van der Waals surface area contributed by atoms with Crippen LogP contribution in [0.1, 0.15) is 43.1 Å². The fraction of sp³-hybridized carbons (Fsp3) is 0.571. The zero-order valence-electron chi connectivity index (χ0n) is 11.9. The first-order chi connectivity index (χ1) is 10.0. The topological polar surface area (TPSA) is 101 Å². The third-order valence-electron chi connectivity index (χ3n) is 3.65.